The molecule has 3 N–H and O–H groups in total. The van der Waals surface area contributed by atoms with Crippen molar-refractivity contribution < 1.29 is 14.3 Å². The third-order valence-corrected chi connectivity index (χ3v) is 9.19. The number of fused-ring (bicyclic) bond motifs is 1. The number of ether oxygens (including phenoxy) is 1. The van der Waals surface area contributed by atoms with E-state index in [-0.39, 0.29) is 41.1 Å². The highest BCUT2D eigenvalue weighted by Gasteiger charge is 2.67. The van der Waals surface area contributed by atoms with Gasteiger partial charge in [0.15, 0.2) is 5.96 Å². The van der Waals surface area contributed by atoms with Gasteiger partial charge in [0.1, 0.15) is 11.4 Å². The van der Waals surface area contributed by atoms with Gasteiger partial charge in [-0.3, -0.25) is 19.5 Å². The fraction of sp³-hybridized carbons (Fsp3) is 0.548. The molecule has 1 aromatic carbocycles. The molecule has 8 nitrogen and oxygen atoms in total. The third kappa shape index (κ3) is 4.79. The van der Waals surface area contributed by atoms with E-state index in [1.165, 1.54) is 0 Å². The van der Waals surface area contributed by atoms with E-state index in [1.807, 2.05) is 64.1 Å². The van der Waals surface area contributed by atoms with Crippen LogP contribution in [0.4, 0.5) is 0 Å². The van der Waals surface area contributed by atoms with Crippen molar-refractivity contribution in [2.75, 3.05) is 0 Å². The summed E-state index contributed by atoms with van der Waals surface area (Å²) in [5.41, 5.74) is 7.16. The predicted octanol–water partition coefficient (Wildman–Crippen LogP) is 4.92. The molecule has 1 saturated carbocycles. The average Bonchev–Trinajstić information content (AvgIpc) is 3.46. The van der Waals surface area contributed by atoms with Crippen LogP contribution in [0.5, 0.6) is 5.75 Å². The molecule has 1 unspecified atom stereocenters. The van der Waals surface area contributed by atoms with E-state index in [0.717, 1.165) is 29.7 Å². The Kier molecular flexibility index (Phi) is 6.72. The molecule has 1 aliphatic carbocycles. The van der Waals surface area contributed by atoms with Gasteiger partial charge in [-0.2, -0.15) is 0 Å². The summed E-state index contributed by atoms with van der Waals surface area (Å²) >= 11 is 0. The Balaban J connectivity index is 1.47. The first kappa shape index (κ1) is 27.2. The van der Waals surface area contributed by atoms with Crippen LogP contribution in [-0.4, -0.2) is 38.8 Å². The second-order valence-corrected chi connectivity index (χ2v) is 12.6. The number of aliphatic imine (C=N–C) groups is 1. The van der Waals surface area contributed by atoms with Crippen molar-refractivity contribution in [3.05, 3.63) is 59.9 Å². The number of pyridine rings is 1. The highest BCUT2D eigenvalue weighted by atomic mass is 16.5. The maximum Gasteiger partial charge on any atom is 0.232 e. The van der Waals surface area contributed by atoms with E-state index < -0.39 is 17.2 Å². The fourth-order valence-corrected chi connectivity index (χ4v) is 6.81. The summed E-state index contributed by atoms with van der Waals surface area (Å²) in [6.07, 6.45) is 5.93. The molecule has 1 aromatic heterocycles. The number of nitrogens with two attached hydrogens (primary N) is 1. The van der Waals surface area contributed by atoms with Crippen LogP contribution in [0.1, 0.15) is 90.4 Å². The molecule has 4 atom stereocenters. The number of guanidine groups is 1. The standard InChI is InChI=1S/C31H41N5O3/c1-7-31(8-2)17-23(37)36(28(32)35-31)26(19-12-11-15-33-18-19)24-25(30(24,5)6)27(38)34-21-16-29(3,4)39-22-14-10-9-13-20(21)22/h9-15,18,21,24-26H,7-8,16-17H2,1-6H3,(H2,32,35)(H,34,38)/t21-,24?,25-,26+/m0/s1. The van der Waals surface area contributed by atoms with E-state index in [4.69, 9.17) is 15.5 Å². The van der Waals surface area contributed by atoms with Gasteiger partial charge in [0.25, 0.3) is 0 Å². The van der Waals surface area contributed by atoms with Gasteiger partial charge in [-0.1, -0.05) is 52.0 Å². The summed E-state index contributed by atoms with van der Waals surface area (Å²) in [6, 6.07) is 11.1. The molecule has 0 radical (unpaired) electrons. The summed E-state index contributed by atoms with van der Waals surface area (Å²) in [5, 5.41) is 3.34. The van der Waals surface area contributed by atoms with Crippen LogP contribution in [0.2, 0.25) is 0 Å². The third-order valence-electron chi connectivity index (χ3n) is 9.19. The van der Waals surface area contributed by atoms with Gasteiger partial charge in [0.2, 0.25) is 11.8 Å². The summed E-state index contributed by atoms with van der Waals surface area (Å²) in [5.74, 6) is 0.487. The van der Waals surface area contributed by atoms with Gasteiger partial charge in [-0.25, -0.2) is 4.99 Å². The highest BCUT2D eigenvalue weighted by Crippen LogP contribution is 2.65. The van der Waals surface area contributed by atoms with Gasteiger partial charge in [0.05, 0.1) is 24.0 Å². The number of benzene rings is 1. The lowest BCUT2D eigenvalue weighted by atomic mass is 9.86. The smallest absolute Gasteiger partial charge is 0.232 e. The van der Waals surface area contributed by atoms with Gasteiger partial charge < -0.3 is 15.8 Å². The zero-order chi connectivity index (χ0) is 28.2. The van der Waals surface area contributed by atoms with Crippen LogP contribution in [0.15, 0.2) is 53.8 Å². The minimum Gasteiger partial charge on any atom is -0.487 e. The topological polar surface area (TPSA) is 110 Å². The number of para-hydroxylation sites is 1. The van der Waals surface area contributed by atoms with E-state index in [2.05, 4.69) is 24.1 Å². The van der Waals surface area contributed by atoms with E-state index in [0.29, 0.717) is 12.8 Å². The molecule has 0 bridgehead atoms. The van der Waals surface area contributed by atoms with Crippen LogP contribution in [0.25, 0.3) is 0 Å². The van der Waals surface area contributed by atoms with Gasteiger partial charge >= 0.3 is 0 Å². The summed E-state index contributed by atoms with van der Waals surface area (Å²) in [4.78, 5) is 38.5. The first-order chi connectivity index (χ1) is 18.4. The predicted molar refractivity (Wildman–Crippen MR) is 151 cm³/mol. The molecule has 208 valence electrons. The fourth-order valence-electron chi connectivity index (χ4n) is 6.81. The van der Waals surface area contributed by atoms with Gasteiger partial charge in [-0.15, -0.1) is 0 Å². The normalized spacial score (nSPS) is 27.0. The Morgan fingerprint density at radius 1 is 1.15 bits per heavy atom. The van der Waals surface area contributed by atoms with Crippen LogP contribution in [-0.2, 0) is 9.59 Å². The number of hydrogen-bond donors (Lipinski definition) is 2. The van der Waals surface area contributed by atoms with E-state index >= 15 is 0 Å². The molecule has 3 heterocycles. The lowest BCUT2D eigenvalue weighted by Gasteiger charge is -2.40. The molecule has 3 aliphatic rings. The first-order valence-corrected chi connectivity index (χ1v) is 14.1. The Morgan fingerprint density at radius 3 is 2.51 bits per heavy atom. The minimum absolute atomic E-state index is 0.0205. The van der Waals surface area contributed by atoms with Gasteiger partial charge in [0, 0.05) is 36.2 Å². The molecule has 39 heavy (non-hydrogen) atoms. The maximum absolute atomic E-state index is 14.0. The zero-order valence-electron chi connectivity index (χ0n) is 23.9. The van der Waals surface area contributed by atoms with Crippen LogP contribution < -0.4 is 15.8 Å². The van der Waals surface area contributed by atoms with Crippen molar-refractivity contribution in [3.8, 4) is 5.75 Å². The van der Waals surface area contributed by atoms with Crippen molar-refractivity contribution in [2.45, 2.75) is 90.4 Å². The number of hydrogen-bond acceptors (Lipinski definition) is 6. The Labute approximate surface area is 231 Å². The molecular weight excluding hydrogens is 490 g/mol. The number of nitrogens with one attached hydrogen (secondary N) is 1. The highest BCUT2D eigenvalue weighted by molar-refractivity contribution is 6.00. The van der Waals surface area contributed by atoms with Crippen molar-refractivity contribution in [2.24, 2.45) is 28.0 Å². The summed E-state index contributed by atoms with van der Waals surface area (Å²) < 4.78 is 6.17. The van der Waals surface area contributed by atoms with Crippen LogP contribution in [0.3, 0.4) is 0 Å². The lowest BCUT2D eigenvalue weighted by Crippen LogP contribution is -2.53. The van der Waals surface area contributed by atoms with Crippen molar-refractivity contribution in [3.63, 3.8) is 0 Å². The molecule has 2 aliphatic heterocycles. The summed E-state index contributed by atoms with van der Waals surface area (Å²) in [7, 11) is 0. The van der Waals surface area contributed by atoms with Crippen LogP contribution >= 0.6 is 0 Å². The Morgan fingerprint density at radius 2 is 1.87 bits per heavy atom. The summed E-state index contributed by atoms with van der Waals surface area (Å²) in [6.45, 7) is 12.4. The molecule has 5 rings (SSSR count). The minimum atomic E-state index is -0.476. The van der Waals surface area contributed by atoms with Crippen molar-refractivity contribution >= 4 is 17.8 Å². The number of carbonyl (C=O) groups excluding carboxylic acids is 2. The number of nitrogens with zero attached hydrogens (tertiary/aromatic N) is 3. The van der Waals surface area contributed by atoms with Crippen molar-refractivity contribution in [1.29, 1.82) is 0 Å². The first-order valence-electron chi connectivity index (χ1n) is 14.1. The molecule has 1 fully saturated rings. The second-order valence-electron chi connectivity index (χ2n) is 12.6. The second kappa shape index (κ2) is 9.65. The molecule has 2 aromatic rings. The van der Waals surface area contributed by atoms with Crippen molar-refractivity contribution in [1.82, 2.24) is 15.2 Å². The monoisotopic (exact) mass is 531 g/mol. The van der Waals surface area contributed by atoms with E-state index in [1.54, 1.807) is 17.3 Å². The Hall–Kier alpha value is -3.42. The quantitative estimate of drug-likeness (QED) is 0.527. The van der Waals surface area contributed by atoms with Crippen LogP contribution in [0, 0.1) is 17.3 Å². The largest absolute Gasteiger partial charge is 0.487 e. The number of aromatic nitrogens is 1. The Bertz CT molecular complexity index is 1280. The maximum atomic E-state index is 14.0. The number of carbonyl (C=O) groups is 2. The molecular formula is C31H41N5O3. The number of amides is 2. The molecule has 0 spiro atoms. The molecule has 8 heteroatoms. The number of rotatable bonds is 7. The SMILES string of the molecule is CCC1(CC)CC(=O)N([C@H](c2cccnc2)C2[C@@H](C(=O)N[C@H]3CC(C)(C)Oc4ccccc43)C2(C)C)C(N)=N1. The molecule has 0 saturated heterocycles. The zero-order valence-corrected chi connectivity index (χ0v) is 23.9. The lowest BCUT2D eigenvalue weighted by molar-refractivity contribution is -0.132. The average molecular weight is 532 g/mol. The molecule has 2 amide bonds. The van der Waals surface area contributed by atoms with Gasteiger partial charge in [-0.05, 0) is 49.8 Å². The van der Waals surface area contributed by atoms with E-state index in [9.17, 15) is 9.59 Å².